The summed E-state index contributed by atoms with van der Waals surface area (Å²) in [6.07, 6.45) is 0. The van der Waals surface area contributed by atoms with Gasteiger partial charge in [-0.1, -0.05) is 36.3 Å². The zero-order chi connectivity index (χ0) is 26.6. The van der Waals surface area contributed by atoms with Crippen molar-refractivity contribution >= 4 is 27.6 Å². The quantitative estimate of drug-likeness (QED) is 0.497. The van der Waals surface area contributed by atoms with Crippen LogP contribution in [0.3, 0.4) is 0 Å². The van der Waals surface area contributed by atoms with Crippen LogP contribution in [0.4, 0.5) is 10.1 Å². The van der Waals surface area contributed by atoms with Gasteiger partial charge in [-0.25, -0.2) is 12.8 Å². The maximum atomic E-state index is 14.5. The number of benzene rings is 3. The summed E-state index contributed by atoms with van der Waals surface area (Å²) in [5.41, 5.74) is 0.458. The summed E-state index contributed by atoms with van der Waals surface area (Å²) in [5, 5.41) is 10.1. The molecule has 1 heterocycles. The normalized spacial score (nSPS) is 15.6. The van der Waals surface area contributed by atoms with Gasteiger partial charge in [0, 0.05) is 12.2 Å². The van der Waals surface area contributed by atoms with Crippen LogP contribution in [-0.2, 0) is 21.4 Å². The molecule has 37 heavy (non-hydrogen) atoms. The fraction of sp³-hybridized carbons (Fsp3) is 0.185. The fourth-order valence-corrected chi connectivity index (χ4v) is 5.56. The van der Waals surface area contributed by atoms with Crippen molar-refractivity contribution in [2.75, 3.05) is 18.1 Å². The fourth-order valence-electron chi connectivity index (χ4n) is 4.01. The van der Waals surface area contributed by atoms with Gasteiger partial charge in [0.05, 0.1) is 17.0 Å². The van der Waals surface area contributed by atoms with E-state index < -0.39 is 40.3 Å². The molecule has 10 heteroatoms. The number of carbonyl (C=O) groups is 2. The molecule has 1 N–H and O–H groups in total. The van der Waals surface area contributed by atoms with E-state index >= 15 is 0 Å². The van der Waals surface area contributed by atoms with Crippen LogP contribution in [0.15, 0.2) is 77.7 Å². The van der Waals surface area contributed by atoms with Gasteiger partial charge in [-0.3, -0.25) is 9.59 Å². The molecule has 0 saturated heterocycles. The van der Waals surface area contributed by atoms with Gasteiger partial charge in [-0.15, -0.1) is 5.92 Å². The Kier molecular flexibility index (Phi) is 7.57. The summed E-state index contributed by atoms with van der Waals surface area (Å²) in [7, 11) is -4.33. The molecule has 1 atom stereocenters. The molecule has 0 bridgehead atoms. The number of carbonyl (C=O) groups excluding carboxylic acids is 1. The van der Waals surface area contributed by atoms with E-state index in [9.17, 15) is 27.5 Å². The lowest BCUT2D eigenvalue weighted by molar-refractivity contribution is -0.141. The monoisotopic (exact) mass is 522 g/mol. The van der Waals surface area contributed by atoms with E-state index in [1.807, 2.05) is 0 Å². The number of para-hydroxylation sites is 1. The van der Waals surface area contributed by atoms with Crippen molar-refractivity contribution in [2.24, 2.45) is 0 Å². The van der Waals surface area contributed by atoms with Crippen LogP contribution in [-0.4, -0.2) is 48.9 Å². The van der Waals surface area contributed by atoms with Crippen LogP contribution in [0.5, 0.6) is 5.75 Å². The summed E-state index contributed by atoms with van der Waals surface area (Å²) in [6.45, 7) is 0.983. The van der Waals surface area contributed by atoms with Crippen molar-refractivity contribution in [1.82, 2.24) is 4.31 Å². The highest BCUT2D eigenvalue weighted by Gasteiger charge is 2.42. The first-order valence-corrected chi connectivity index (χ1v) is 12.7. The van der Waals surface area contributed by atoms with Crippen molar-refractivity contribution < 1.29 is 32.2 Å². The van der Waals surface area contributed by atoms with E-state index in [0.717, 1.165) is 15.3 Å². The molecule has 0 spiro atoms. The van der Waals surface area contributed by atoms with Gasteiger partial charge in [-0.05, 0) is 55.0 Å². The number of anilines is 1. The smallest absolute Gasteiger partial charge is 0.323 e. The summed E-state index contributed by atoms with van der Waals surface area (Å²) >= 11 is 0. The highest BCUT2D eigenvalue weighted by Crippen LogP contribution is 2.32. The molecular formula is C27H23FN2O6S. The Bertz CT molecular complexity index is 1500. The van der Waals surface area contributed by atoms with Crippen LogP contribution in [0.25, 0.3) is 0 Å². The van der Waals surface area contributed by atoms with E-state index in [1.54, 1.807) is 31.2 Å². The van der Waals surface area contributed by atoms with E-state index in [2.05, 4.69) is 11.8 Å². The zero-order valence-electron chi connectivity index (χ0n) is 19.8. The van der Waals surface area contributed by atoms with E-state index in [4.69, 9.17) is 4.74 Å². The second-order valence-corrected chi connectivity index (χ2v) is 10.0. The van der Waals surface area contributed by atoms with Crippen LogP contribution < -0.4 is 9.64 Å². The van der Waals surface area contributed by atoms with Crippen molar-refractivity contribution in [3.05, 3.63) is 89.7 Å². The maximum absolute atomic E-state index is 14.5. The highest BCUT2D eigenvalue weighted by atomic mass is 32.2. The van der Waals surface area contributed by atoms with Crippen molar-refractivity contribution in [2.45, 2.75) is 24.4 Å². The number of rotatable bonds is 6. The minimum atomic E-state index is -4.33. The molecular weight excluding hydrogens is 499 g/mol. The van der Waals surface area contributed by atoms with E-state index in [0.29, 0.717) is 17.0 Å². The number of hydrogen-bond donors (Lipinski definition) is 1. The molecule has 1 aliphatic rings. The maximum Gasteiger partial charge on any atom is 0.323 e. The molecule has 1 aliphatic heterocycles. The highest BCUT2D eigenvalue weighted by molar-refractivity contribution is 7.89. The lowest BCUT2D eigenvalue weighted by Crippen LogP contribution is -2.50. The van der Waals surface area contributed by atoms with Crippen molar-refractivity contribution in [1.29, 1.82) is 0 Å². The molecule has 1 unspecified atom stereocenters. The average Bonchev–Trinajstić information content (AvgIpc) is 3.07. The minimum Gasteiger partial charge on any atom is -0.481 e. The molecule has 3 aromatic carbocycles. The third kappa shape index (κ3) is 5.33. The number of sulfonamides is 1. The molecule has 3 aromatic rings. The molecule has 190 valence electrons. The zero-order valence-corrected chi connectivity index (χ0v) is 20.6. The first-order valence-electron chi connectivity index (χ1n) is 11.3. The summed E-state index contributed by atoms with van der Waals surface area (Å²) in [6, 6.07) is 15.8. The molecule has 0 aliphatic carbocycles. The largest absolute Gasteiger partial charge is 0.481 e. The lowest BCUT2D eigenvalue weighted by atomic mass is 10.1. The Morgan fingerprint density at radius 1 is 1.05 bits per heavy atom. The molecule has 1 amide bonds. The first kappa shape index (κ1) is 25.9. The Labute approximate surface area is 214 Å². The summed E-state index contributed by atoms with van der Waals surface area (Å²) in [5.74, 6) is 2.85. The Morgan fingerprint density at radius 2 is 1.73 bits per heavy atom. The number of ether oxygens (including phenoxy) is 1. The first-order chi connectivity index (χ1) is 17.7. The predicted molar refractivity (Wildman–Crippen MR) is 134 cm³/mol. The second-order valence-electron chi connectivity index (χ2n) is 8.12. The second kappa shape index (κ2) is 10.8. The number of hydrogen-bond acceptors (Lipinski definition) is 5. The van der Waals surface area contributed by atoms with E-state index in [-0.39, 0.29) is 23.6 Å². The Balaban J connectivity index is 1.74. The summed E-state index contributed by atoms with van der Waals surface area (Å²) < 4.78 is 48.1. The third-order valence-electron chi connectivity index (χ3n) is 5.86. The number of aliphatic carboxylic acids is 1. The number of fused-ring (bicyclic) bond motifs is 1. The SMILES string of the molecule is CC#CCOc1ccc(S(=O)(=O)N2Cc3ccccc3N(C(=O)c3ccccc3F)CC2C(=O)O)cc1. The van der Waals surface area contributed by atoms with Gasteiger partial charge < -0.3 is 14.7 Å². The Hall–Kier alpha value is -4.20. The van der Waals surface area contributed by atoms with Crippen LogP contribution >= 0.6 is 0 Å². The average molecular weight is 523 g/mol. The lowest BCUT2D eigenvalue weighted by Gasteiger charge is -2.28. The van der Waals surface area contributed by atoms with Gasteiger partial charge in [0.2, 0.25) is 10.0 Å². The van der Waals surface area contributed by atoms with Crippen LogP contribution in [0, 0.1) is 17.7 Å². The minimum absolute atomic E-state index is 0.137. The molecule has 0 fully saturated rings. The van der Waals surface area contributed by atoms with Gasteiger partial charge in [0.25, 0.3) is 5.91 Å². The number of amides is 1. The Morgan fingerprint density at radius 3 is 2.41 bits per heavy atom. The van der Waals surface area contributed by atoms with Crippen LogP contribution in [0.1, 0.15) is 22.8 Å². The predicted octanol–water partition coefficient (Wildman–Crippen LogP) is 3.53. The molecule has 4 rings (SSSR count). The number of carboxylic acid groups (broad SMARTS) is 1. The van der Waals surface area contributed by atoms with Gasteiger partial charge >= 0.3 is 5.97 Å². The summed E-state index contributed by atoms with van der Waals surface area (Å²) in [4.78, 5) is 26.7. The van der Waals surface area contributed by atoms with E-state index in [1.165, 1.54) is 42.5 Å². The molecule has 0 aromatic heterocycles. The number of halogens is 1. The van der Waals surface area contributed by atoms with Gasteiger partial charge in [0.15, 0.2) is 0 Å². The van der Waals surface area contributed by atoms with Crippen molar-refractivity contribution in [3.63, 3.8) is 0 Å². The van der Waals surface area contributed by atoms with Crippen molar-refractivity contribution in [3.8, 4) is 17.6 Å². The molecule has 8 nitrogen and oxygen atoms in total. The van der Waals surface area contributed by atoms with Gasteiger partial charge in [0.1, 0.15) is 24.2 Å². The topological polar surface area (TPSA) is 104 Å². The third-order valence-corrected chi connectivity index (χ3v) is 7.73. The number of carboxylic acids is 1. The van der Waals surface area contributed by atoms with Crippen LogP contribution in [0.2, 0.25) is 0 Å². The molecule has 0 radical (unpaired) electrons. The standard InChI is InChI=1S/C27H23FN2O6S/c1-2-3-16-36-20-12-14-21(15-13-20)37(34,35)30-17-19-8-4-7-11-24(19)29(18-25(30)27(32)33)26(31)22-9-5-6-10-23(22)28/h4-15,25H,16-18H2,1H3,(H,32,33). The van der Waals surface area contributed by atoms with Gasteiger partial charge in [-0.2, -0.15) is 4.31 Å². The molecule has 0 saturated carbocycles. The number of nitrogens with zero attached hydrogens (tertiary/aromatic N) is 2.